The van der Waals surface area contributed by atoms with Crippen molar-refractivity contribution in [3.8, 4) is 0 Å². The van der Waals surface area contributed by atoms with E-state index in [-0.39, 0.29) is 23.8 Å². The Balaban J connectivity index is 2.43. The zero-order valence-corrected chi connectivity index (χ0v) is 19.5. The molecule has 0 unspecified atom stereocenters. The Bertz CT molecular complexity index is 1100. The predicted octanol–water partition coefficient (Wildman–Crippen LogP) is 3.94. The van der Waals surface area contributed by atoms with E-state index in [1.807, 2.05) is 39.0 Å². The maximum atomic E-state index is 13.2. The quantitative estimate of drug-likeness (QED) is 0.487. The first-order valence-corrected chi connectivity index (χ1v) is 11.8. The number of rotatable bonds is 8. The van der Waals surface area contributed by atoms with Crippen molar-refractivity contribution < 1.29 is 18.1 Å². The average molecular weight is 448 g/mol. The highest BCUT2D eigenvalue weighted by Gasteiger charge is 2.34. The monoisotopic (exact) mass is 447 g/mol. The van der Waals surface area contributed by atoms with Crippen LogP contribution in [0.25, 0.3) is 0 Å². The van der Waals surface area contributed by atoms with Gasteiger partial charge in [-0.05, 0) is 56.4 Å². The fraction of sp³-hybridized carbons (Fsp3) is 0.409. The normalized spacial score (nSPS) is 13.4. The van der Waals surface area contributed by atoms with E-state index in [9.17, 15) is 23.3 Å². The molecule has 0 heterocycles. The van der Waals surface area contributed by atoms with E-state index in [0.29, 0.717) is 5.56 Å². The largest absolute Gasteiger partial charge is 0.348 e. The van der Waals surface area contributed by atoms with Gasteiger partial charge in [0.15, 0.2) is 0 Å². The molecule has 0 aliphatic heterocycles. The van der Waals surface area contributed by atoms with Crippen LogP contribution in [0.4, 0.5) is 11.4 Å². The van der Waals surface area contributed by atoms with Gasteiger partial charge in [0.1, 0.15) is 6.04 Å². The molecule has 0 spiro atoms. The van der Waals surface area contributed by atoms with Crippen LogP contribution in [0.5, 0.6) is 0 Å². The highest BCUT2D eigenvalue weighted by molar-refractivity contribution is 7.92. The van der Waals surface area contributed by atoms with E-state index in [4.69, 9.17) is 0 Å². The van der Waals surface area contributed by atoms with Gasteiger partial charge >= 0.3 is 0 Å². The average Bonchev–Trinajstić information content (AvgIpc) is 2.67. The number of carbonyl (C=O) groups is 1. The second kappa shape index (κ2) is 9.47. The number of hydrogen-bond donors (Lipinski definition) is 1. The smallest absolute Gasteiger partial charge is 0.271 e. The molecule has 2 rings (SSSR count). The number of nitrogens with one attached hydrogen (secondary N) is 1. The number of nitro groups is 1. The van der Waals surface area contributed by atoms with Crippen LogP contribution in [0.15, 0.2) is 36.4 Å². The number of benzene rings is 2. The Morgan fingerprint density at radius 1 is 1.10 bits per heavy atom. The van der Waals surface area contributed by atoms with Crippen molar-refractivity contribution in [3.05, 3.63) is 68.8 Å². The second-order valence-corrected chi connectivity index (χ2v) is 9.64. The summed E-state index contributed by atoms with van der Waals surface area (Å²) in [6.07, 6.45) is 1.19. The molecule has 2 aromatic carbocycles. The lowest BCUT2D eigenvalue weighted by Crippen LogP contribution is -2.50. The van der Waals surface area contributed by atoms with E-state index in [1.54, 1.807) is 13.8 Å². The first-order chi connectivity index (χ1) is 14.4. The highest BCUT2D eigenvalue weighted by atomic mass is 32.2. The summed E-state index contributed by atoms with van der Waals surface area (Å²) in [5.74, 6) is -0.468. The molecule has 2 atom stereocenters. The number of sulfonamides is 1. The molecule has 0 aromatic heterocycles. The molecule has 168 valence electrons. The van der Waals surface area contributed by atoms with Crippen molar-refractivity contribution in [2.45, 2.75) is 53.1 Å². The molecule has 0 aliphatic carbocycles. The Hall–Kier alpha value is -2.94. The Morgan fingerprint density at radius 2 is 1.71 bits per heavy atom. The van der Waals surface area contributed by atoms with Gasteiger partial charge in [0, 0.05) is 12.1 Å². The van der Waals surface area contributed by atoms with Crippen LogP contribution in [-0.4, -0.2) is 31.5 Å². The third-order valence-electron chi connectivity index (χ3n) is 5.36. The fourth-order valence-electron chi connectivity index (χ4n) is 3.41. The number of non-ortho nitro benzene ring substituents is 1. The summed E-state index contributed by atoms with van der Waals surface area (Å²) in [6.45, 7) is 9.17. The number of carbonyl (C=O) groups excluding carboxylic acids is 1. The topological polar surface area (TPSA) is 110 Å². The van der Waals surface area contributed by atoms with Crippen LogP contribution in [0.1, 0.15) is 48.6 Å². The molecule has 9 heteroatoms. The van der Waals surface area contributed by atoms with Crippen LogP contribution in [0.2, 0.25) is 0 Å². The van der Waals surface area contributed by atoms with Gasteiger partial charge in [0.2, 0.25) is 15.9 Å². The standard InChI is InChI=1S/C22H29N3O5S/c1-7-20(22(26)23-17(5)18-10-8-14(2)16(4)12-18)24(31(6,29)30)21-13-19(25(27)28)11-9-15(21)3/h8-13,17,20H,7H2,1-6H3,(H,23,26)/t17-,20+/m1/s1. The van der Waals surface area contributed by atoms with Gasteiger partial charge < -0.3 is 5.32 Å². The van der Waals surface area contributed by atoms with E-state index < -0.39 is 26.9 Å². The van der Waals surface area contributed by atoms with Crippen molar-refractivity contribution in [2.75, 3.05) is 10.6 Å². The van der Waals surface area contributed by atoms with Crippen LogP contribution in [0.3, 0.4) is 0 Å². The number of hydrogen-bond acceptors (Lipinski definition) is 5. The minimum atomic E-state index is -3.90. The van der Waals surface area contributed by atoms with E-state index >= 15 is 0 Å². The third kappa shape index (κ3) is 5.61. The summed E-state index contributed by atoms with van der Waals surface area (Å²) >= 11 is 0. The van der Waals surface area contributed by atoms with Crippen LogP contribution in [-0.2, 0) is 14.8 Å². The summed E-state index contributed by atoms with van der Waals surface area (Å²) in [4.78, 5) is 23.8. The zero-order valence-electron chi connectivity index (χ0n) is 18.7. The van der Waals surface area contributed by atoms with Gasteiger partial charge in [-0.3, -0.25) is 19.2 Å². The first kappa shape index (κ1) is 24.3. The summed E-state index contributed by atoms with van der Waals surface area (Å²) < 4.78 is 26.4. The van der Waals surface area contributed by atoms with Crippen molar-refractivity contribution >= 4 is 27.3 Å². The summed E-state index contributed by atoms with van der Waals surface area (Å²) in [7, 11) is -3.90. The van der Waals surface area contributed by atoms with Gasteiger partial charge in [0.05, 0.1) is 22.9 Å². The Kier molecular flexibility index (Phi) is 7.43. The number of anilines is 1. The van der Waals surface area contributed by atoms with Crippen LogP contribution >= 0.6 is 0 Å². The highest BCUT2D eigenvalue weighted by Crippen LogP contribution is 2.30. The van der Waals surface area contributed by atoms with Gasteiger partial charge in [-0.25, -0.2) is 8.42 Å². The van der Waals surface area contributed by atoms with Gasteiger partial charge in [-0.15, -0.1) is 0 Å². The number of nitro benzene ring substituents is 1. The molecule has 2 aromatic rings. The molecule has 8 nitrogen and oxygen atoms in total. The second-order valence-electron chi connectivity index (χ2n) is 7.78. The lowest BCUT2D eigenvalue weighted by atomic mass is 10.0. The lowest BCUT2D eigenvalue weighted by molar-refractivity contribution is -0.384. The molecular formula is C22H29N3O5S. The zero-order chi connectivity index (χ0) is 23.5. The minimum absolute atomic E-state index is 0.123. The molecule has 0 saturated carbocycles. The van der Waals surface area contributed by atoms with E-state index in [0.717, 1.165) is 27.3 Å². The van der Waals surface area contributed by atoms with Gasteiger partial charge in [-0.1, -0.05) is 31.2 Å². The van der Waals surface area contributed by atoms with E-state index in [2.05, 4.69) is 5.32 Å². The third-order valence-corrected chi connectivity index (χ3v) is 6.53. The Morgan fingerprint density at radius 3 is 2.23 bits per heavy atom. The van der Waals surface area contributed by atoms with Crippen molar-refractivity contribution in [3.63, 3.8) is 0 Å². The van der Waals surface area contributed by atoms with Crippen molar-refractivity contribution in [1.82, 2.24) is 5.32 Å². The number of amides is 1. The first-order valence-electron chi connectivity index (χ1n) is 9.98. The van der Waals surface area contributed by atoms with Crippen molar-refractivity contribution in [2.24, 2.45) is 0 Å². The molecule has 1 N–H and O–H groups in total. The summed E-state index contributed by atoms with van der Waals surface area (Å²) in [5.41, 5.74) is 3.53. The molecule has 1 amide bonds. The number of nitrogens with zero attached hydrogens (tertiary/aromatic N) is 2. The SMILES string of the molecule is CC[C@@H](C(=O)N[C@H](C)c1ccc(C)c(C)c1)N(c1cc([N+](=O)[O-])ccc1C)S(C)(=O)=O. The molecule has 0 radical (unpaired) electrons. The van der Waals surface area contributed by atoms with E-state index in [1.165, 1.54) is 18.2 Å². The molecule has 0 aliphatic rings. The molecule has 31 heavy (non-hydrogen) atoms. The number of aryl methyl sites for hydroxylation is 3. The molecule has 0 fully saturated rings. The lowest BCUT2D eigenvalue weighted by Gasteiger charge is -2.32. The fourth-order valence-corrected chi connectivity index (χ4v) is 4.67. The minimum Gasteiger partial charge on any atom is -0.348 e. The van der Waals surface area contributed by atoms with Crippen LogP contribution < -0.4 is 9.62 Å². The Labute approximate surface area is 183 Å². The van der Waals surface area contributed by atoms with Crippen LogP contribution in [0, 0.1) is 30.9 Å². The van der Waals surface area contributed by atoms with Crippen molar-refractivity contribution in [1.29, 1.82) is 0 Å². The molecule has 0 saturated heterocycles. The summed E-state index contributed by atoms with van der Waals surface area (Å²) in [6, 6.07) is 8.47. The molecule has 0 bridgehead atoms. The maximum absolute atomic E-state index is 13.2. The summed E-state index contributed by atoms with van der Waals surface area (Å²) in [5, 5.41) is 14.1. The van der Waals surface area contributed by atoms with Gasteiger partial charge in [0.25, 0.3) is 5.69 Å². The van der Waals surface area contributed by atoms with Gasteiger partial charge in [-0.2, -0.15) is 0 Å². The predicted molar refractivity (Wildman–Crippen MR) is 122 cm³/mol. The maximum Gasteiger partial charge on any atom is 0.271 e. The molecular weight excluding hydrogens is 418 g/mol.